The quantitative estimate of drug-likeness (QED) is 0.134. The van der Waals surface area contributed by atoms with Gasteiger partial charge >= 0.3 is 0 Å². The minimum atomic E-state index is -0.271. The van der Waals surface area contributed by atoms with Gasteiger partial charge in [0, 0.05) is 79.0 Å². The van der Waals surface area contributed by atoms with E-state index in [1.807, 2.05) is 0 Å². The smallest absolute Gasteiger partial charge is 0.252 e. The molecule has 0 saturated heterocycles. The second-order valence-corrected chi connectivity index (χ2v) is 48.1. The molecule has 0 spiro atoms. The van der Waals surface area contributed by atoms with E-state index in [-0.39, 0.29) is 71.7 Å². The van der Waals surface area contributed by atoms with Crippen LogP contribution in [0, 0.1) is 0 Å². The van der Waals surface area contributed by atoms with Crippen LogP contribution in [0.2, 0.25) is 0 Å². The molecule has 2 aliphatic rings. The van der Waals surface area contributed by atoms with Crippen LogP contribution in [-0.2, 0) is 65.0 Å². The Morgan fingerprint density at radius 2 is 0.417 bits per heavy atom. The molecule has 0 aliphatic carbocycles. The van der Waals surface area contributed by atoms with Crippen LogP contribution >= 0.6 is 0 Å². The Morgan fingerprint density at radius 1 is 0.200 bits per heavy atom. The van der Waals surface area contributed by atoms with Crippen molar-refractivity contribution in [3.05, 3.63) is 273 Å². The first-order valence-electron chi connectivity index (χ1n) is 44.6. The normalized spacial score (nSPS) is 14.1. The van der Waals surface area contributed by atoms with Gasteiger partial charge in [-0.1, -0.05) is 334 Å². The fourth-order valence-corrected chi connectivity index (χ4v) is 17.6. The molecule has 2 aliphatic heterocycles. The van der Waals surface area contributed by atoms with Gasteiger partial charge in [0.15, 0.2) is 0 Å². The topological polar surface area (TPSA) is 17.9 Å². The van der Waals surface area contributed by atoms with Crippen LogP contribution < -0.4 is 36.0 Å². The van der Waals surface area contributed by atoms with Crippen LogP contribution in [-0.4, -0.2) is 11.3 Å². The highest BCUT2D eigenvalue weighted by Gasteiger charge is 2.46. The molecule has 120 heavy (non-hydrogen) atoms. The summed E-state index contributed by atoms with van der Waals surface area (Å²) >= 11 is 0. The molecule has 5 nitrogen and oxygen atoms in total. The predicted octanol–water partition coefficient (Wildman–Crippen LogP) is 31.4. The number of fused-ring (bicyclic) bond motifs is 7. The monoisotopic (exact) mass is 1590 g/mol. The average Bonchev–Trinajstić information content (AvgIpc) is 0.881. The number of para-hydroxylation sites is 2. The van der Waals surface area contributed by atoms with E-state index >= 15 is 0 Å². The van der Waals surface area contributed by atoms with Gasteiger partial charge in [0.1, 0.15) is 0 Å². The lowest BCUT2D eigenvalue weighted by Crippen LogP contribution is -2.61. The van der Waals surface area contributed by atoms with Gasteiger partial charge in [-0.05, 0) is 269 Å². The number of hydrogen-bond donors (Lipinski definition) is 0. The Labute approximate surface area is 725 Å². The highest BCUT2D eigenvalue weighted by Crippen LogP contribution is 2.54. The molecule has 0 radical (unpaired) electrons. The summed E-state index contributed by atoms with van der Waals surface area (Å²) in [5.41, 5.74) is 34.4. The first-order chi connectivity index (χ1) is 55.0. The Hall–Kier alpha value is -9.52. The maximum atomic E-state index is 2.74. The molecule has 0 bridgehead atoms. The van der Waals surface area contributed by atoms with Crippen LogP contribution in [0.15, 0.2) is 206 Å². The average molecular weight is 1590 g/mol. The van der Waals surface area contributed by atoms with Crippen molar-refractivity contribution in [2.75, 3.05) is 19.6 Å². The Kier molecular flexibility index (Phi) is 21.1. The van der Waals surface area contributed by atoms with Gasteiger partial charge in [0.05, 0.1) is 16.7 Å². The molecule has 0 amide bonds. The highest BCUT2D eigenvalue weighted by molar-refractivity contribution is 7.00. The zero-order valence-corrected chi connectivity index (χ0v) is 80.4. The van der Waals surface area contributed by atoms with E-state index in [0.717, 1.165) is 85.0 Å². The van der Waals surface area contributed by atoms with Crippen molar-refractivity contribution < 1.29 is 0 Å². The van der Waals surface area contributed by atoms with Crippen molar-refractivity contribution in [2.45, 2.75) is 314 Å². The predicted molar refractivity (Wildman–Crippen MR) is 529 cm³/mol. The van der Waals surface area contributed by atoms with E-state index in [1.54, 1.807) is 0 Å². The molecule has 0 fully saturated rings. The maximum Gasteiger partial charge on any atom is 0.252 e. The largest absolute Gasteiger partial charge is 0.311 e. The van der Waals surface area contributed by atoms with Gasteiger partial charge in [0.2, 0.25) is 0 Å². The first-order valence-corrected chi connectivity index (χ1v) is 44.6. The summed E-state index contributed by atoms with van der Waals surface area (Å²) in [7, 11) is 0. The van der Waals surface area contributed by atoms with Crippen LogP contribution in [0.3, 0.4) is 0 Å². The molecule has 0 saturated carbocycles. The van der Waals surface area contributed by atoms with E-state index in [4.69, 9.17) is 0 Å². The molecule has 1 aromatic heterocycles. The first kappa shape index (κ1) is 86.9. The standard InChI is InChI=1S/C114H142BN5/c1-103(2,3)71-49-72(104(4,5)6)56-85(55-71)116(86-57-73(105(7,8)9)50-74(58-86)106(10,11)12)83-45-47-94-98(67-83)119(89-63-79(111(25,26)27)53-80(64-89)112(28,29)30)100-69-91(118-96-43-39-37-41-92(96)93-42-38-40-44-97(93)118)70-101-102(100)115(94)95-48-46-84(68-99(95)120(101)90-65-81(113(31,32)33)54-82(66-90)114(34,35)36)117(87-59-75(107(13,14)15)51-76(60-87)108(16,17)18)88-61-77(109(19,20)21)52-78(62-88)110(22,23)24/h37-70H,1-36H3. The van der Waals surface area contributed by atoms with Crippen molar-refractivity contribution in [1.29, 1.82) is 0 Å². The molecule has 6 heteroatoms. The van der Waals surface area contributed by atoms with E-state index in [2.05, 4.69) is 480 Å². The third kappa shape index (κ3) is 16.6. The molecule has 3 heterocycles. The summed E-state index contributed by atoms with van der Waals surface area (Å²) in [4.78, 5) is 10.8. The number of anilines is 12. The maximum absolute atomic E-state index is 2.74. The van der Waals surface area contributed by atoms with Crippen LogP contribution in [0.1, 0.15) is 316 Å². The molecule has 0 unspecified atom stereocenters. The molecule has 11 aromatic carbocycles. The van der Waals surface area contributed by atoms with E-state index in [1.165, 1.54) is 93.9 Å². The summed E-state index contributed by atoms with van der Waals surface area (Å²) in [5.74, 6) is 0. The Balaban J connectivity index is 1.22. The molecule has 12 aromatic rings. The number of hydrogen-bond acceptors (Lipinski definition) is 4. The third-order valence-corrected chi connectivity index (χ3v) is 25.8. The lowest BCUT2D eigenvalue weighted by Gasteiger charge is -2.46. The summed E-state index contributed by atoms with van der Waals surface area (Å²) in [6.45, 7) is 85.5. The van der Waals surface area contributed by atoms with Gasteiger partial charge in [-0.3, -0.25) is 0 Å². The summed E-state index contributed by atoms with van der Waals surface area (Å²) in [6.07, 6.45) is 0. The van der Waals surface area contributed by atoms with E-state index in [9.17, 15) is 0 Å². The summed E-state index contributed by atoms with van der Waals surface area (Å²) in [5, 5.41) is 2.45. The van der Waals surface area contributed by atoms with Crippen LogP contribution in [0.5, 0.6) is 0 Å². The van der Waals surface area contributed by atoms with Crippen LogP contribution in [0.4, 0.5) is 68.2 Å². The lowest BCUT2D eigenvalue weighted by atomic mass is 9.33. The third-order valence-electron chi connectivity index (χ3n) is 25.8. The van der Waals surface area contributed by atoms with Gasteiger partial charge in [0.25, 0.3) is 6.71 Å². The van der Waals surface area contributed by atoms with Gasteiger partial charge in [-0.15, -0.1) is 0 Å². The minimum absolute atomic E-state index is 0.157. The number of rotatable bonds is 9. The SMILES string of the molecule is CC(C)(C)c1cc(N(c2cc(C(C)(C)C)cc(C(C)(C)C)c2)c2ccc3c(c2)N(c2cc(C(C)(C)C)cc(C(C)(C)C)c2)c2cc(-n4c5ccccc5c5ccccc54)cc4c2B3c2ccc(N(c3cc(C(C)(C)C)cc(C(C)(C)C)c3)c3cc(C(C)(C)C)cc(C(C)(C)C)c3)cc2N4c2cc(C(C)(C)C)cc(C(C)(C)C)c2)cc(C(C)(C)C)c1. The Morgan fingerprint density at radius 3 is 0.642 bits per heavy atom. The summed E-state index contributed by atoms with van der Waals surface area (Å²) < 4.78 is 2.58. The van der Waals surface area contributed by atoms with Crippen molar-refractivity contribution >= 4 is 113 Å². The van der Waals surface area contributed by atoms with Crippen molar-refractivity contribution in [3.63, 3.8) is 0 Å². The zero-order valence-electron chi connectivity index (χ0n) is 80.4. The second kappa shape index (κ2) is 29.1. The van der Waals surface area contributed by atoms with Gasteiger partial charge in [-0.2, -0.15) is 0 Å². The Bertz CT molecular complexity index is 5290. The highest BCUT2D eigenvalue weighted by atomic mass is 15.2. The molecule has 14 rings (SSSR count). The molecule has 0 N–H and O–H groups in total. The van der Waals surface area contributed by atoms with E-state index in [0.29, 0.717) is 0 Å². The zero-order chi connectivity index (χ0) is 88.0. The fourth-order valence-electron chi connectivity index (χ4n) is 17.6. The fraction of sp³-hybridized carbons (Fsp3) is 0.421. The second-order valence-electron chi connectivity index (χ2n) is 48.1. The van der Waals surface area contributed by atoms with Crippen LogP contribution in [0.25, 0.3) is 27.5 Å². The number of benzene rings is 11. The summed E-state index contributed by atoms with van der Waals surface area (Å²) in [6, 6.07) is 83.9. The van der Waals surface area contributed by atoms with Crippen molar-refractivity contribution in [1.82, 2.24) is 4.57 Å². The lowest BCUT2D eigenvalue weighted by molar-refractivity contribution is 0.567. The van der Waals surface area contributed by atoms with Crippen molar-refractivity contribution in [2.24, 2.45) is 0 Å². The van der Waals surface area contributed by atoms with Gasteiger partial charge < -0.3 is 24.2 Å². The molecular weight excluding hydrogens is 1450 g/mol. The van der Waals surface area contributed by atoms with E-state index < -0.39 is 0 Å². The molecular formula is C114H142BN5. The minimum Gasteiger partial charge on any atom is -0.311 e. The van der Waals surface area contributed by atoms with Crippen molar-refractivity contribution in [3.8, 4) is 5.69 Å². The number of aromatic nitrogens is 1. The number of nitrogens with zero attached hydrogens (tertiary/aromatic N) is 5. The molecule has 626 valence electrons. The molecule has 0 atom stereocenters. The van der Waals surface area contributed by atoms with Gasteiger partial charge in [-0.25, -0.2) is 0 Å².